The number of benzene rings is 1. The van der Waals surface area contributed by atoms with E-state index in [1.54, 1.807) is 23.7 Å². The molecule has 0 bridgehead atoms. The summed E-state index contributed by atoms with van der Waals surface area (Å²) in [5.41, 5.74) is 11.9. The summed E-state index contributed by atoms with van der Waals surface area (Å²) in [5, 5.41) is 0. The molecule has 0 atom stereocenters. The molecule has 3 rings (SSSR count). The lowest BCUT2D eigenvalue weighted by Gasteiger charge is -2.21. The van der Waals surface area contributed by atoms with Crippen LogP contribution in [0, 0.1) is 0 Å². The average molecular weight is 270 g/mol. The third kappa shape index (κ3) is 2.24. The Morgan fingerprint density at radius 3 is 2.79 bits per heavy atom. The highest BCUT2D eigenvalue weighted by molar-refractivity contribution is 7.16. The van der Waals surface area contributed by atoms with E-state index in [2.05, 4.69) is 27.0 Å². The molecular formula is C14H14N4S. The molecule has 0 saturated carbocycles. The van der Waals surface area contributed by atoms with E-state index in [4.69, 9.17) is 5.73 Å². The fourth-order valence-corrected chi connectivity index (χ4v) is 2.81. The first-order valence-corrected chi connectivity index (χ1v) is 6.85. The predicted molar refractivity (Wildman–Crippen MR) is 80.4 cm³/mol. The fraction of sp³-hybridized carbons (Fsp3) is 0.143. The van der Waals surface area contributed by atoms with Gasteiger partial charge in [-0.3, -0.25) is 4.98 Å². The van der Waals surface area contributed by atoms with Crippen molar-refractivity contribution in [3.8, 4) is 0 Å². The molecular weight excluding hydrogens is 256 g/mol. The normalized spacial score (nSPS) is 10.8. The van der Waals surface area contributed by atoms with Crippen LogP contribution in [0.15, 0.2) is 42.2 Å². The molecule has 0 saturated heterocycles. The van der Waals surface area contributed by atoms with Crippen molar-refractivity contribution in [3.05, 3.63) is 47.7 Å². The molecule has 0 fully saturated rings. The van der Waals surface area contributed by atoms with Crippen molar-refractivity contribution in [3.63, 3.8) is 0 Å². The van der Waals surface area contributed by atoms with Crippen LogP contribution in [0.2, 0.25) is 0 Å². The summed E-state index contributed by atoms with van der Waals surface area (Å²) in [4.78, 5) is 10.5. The molecule has 0 aliphatic carbocycles. The molecule has 0 unspecified atom stereocenters. The Morgan fingerprint density at radius 2 is 2.00 bits per heavy atom. The zero-order valence-corrected chi connectivity index (χ0v) is 11.4. The van der Waals surface area contributed by atoms with E-state index >= 15 is 0 Å². The van der Waals surface area contributed by atoms with Crippen LogP contribution in [-0.2, 0) is 6.54 Å². The van der Waals surface area contributed by atoms with Gasteiger partial charge in [-0.15, -0.1) is 11.3 Å². The van der Waals surface area contributed by atoms with E-state index in [1.807, 2.05) is 24.7 Å². The number of anilines is 2. The number of nitrogens with zero attached hydrogens (tertiary/aromatic N) is 3. The van der Waals surface area contributed by atoms with Gasteiger partial charge < -0.3 is 10.6 Å². The first-order chi connectivity index (χ1) is 9.25. The maximum Gasteiger partial charge on any atom is 0.106 e. The largest absolute Gasteiger partial charge is 0.395 e. The number of fused-ring (bicyclic) bond motifs is 1. The molecule has 1 aromatic carbocycles. The molecule has 96 valence electrons. The smallest absolute Gasteiger partial charge is 0.106 e. The lowest BCUT2D eigenvalue weighted by molar-refractivity contribution is 0.922. The molecule has 0 aliphatic heterocycles. The van der Waals surface area contributed by atoms with Gasteiger partial charge >= 0.3 is 0 Å². The molecule has 0 amide bonds. The topological polar surface area (TPSA) is 55.0 Å². The highest BCUT2D eigenvalue weighted by Crippen LogP contribution is 2.32. The molecule has 3 aromatic rings. The Hall–Kier alpha value is -2.14. The number of hydrogen-bond acceptors (Lipinski definition) is 5. The fourth-order valence-electron chi connectivity index (χ4n) is 2.12. The third-order valence-corrected chi connectivity index (χ3v) is 3.89. The van der Waals surface area contributed by atoms with E-state index in [1.165, 1.54) is 5.56 Å². The summed E-state index contributed by atoms with van der Waals surface area (Å²) in [7, 11) is 2.03. The highest BCUT2D eigenvalue weighted by atomic mass is 32.1. The Bertz CT molecular complexity index is 693. The van der Waals surface area contributed by atoms with Gasteiger partial charge in [0, 0.05) is 26.0 Å². The SMILES string of the molecule is CN(Cc1ccncc1)c1ccc2scnc2c1N. The Labute approximate surface area is 115 Å². The molecule has 0 radical (unpaired) electrons. The van der Waals surface area contributed by atoms with Gasteiger partial charge in [-0.1, -0.05) is 0 Å². The minimum absolute atomic E-state index is 0.746. The van der Waals surface area contributed by atoms with Gasteiger partial charge in [-0.25, -0.2) is 4.98 Å². The van der Waals surface area contributed by atoms with Crippen molar-refractivity contribution in [2.45, 2.75) is 6.54 Å². The second-order valence-electron chi connectivity index (χ2n) is 4.41. The number of nitrogen functional groups attached to an aromatic ring is 1. The van der Waals surface area contributed by atoms with E-state index < -0.39 is 0 Å². The van der Waals surface area contributed by atoms with Crippen LogP contribution >= 0.6 is 11.3 Å². The monoisotopic (exact) mass is 270 g/mol. The molecule has 0 spiro atoms. The molecule has 0 aliphatic rings. The molecule has 2 N–H and O–H groups in total. The van der Waals surface area contributed by atoms with Gasteiger partial charge in [0.25, 0.3) is 0 Å². The minimum atomic E-state index is 0.746. The van der Waals surface area contributed by atoms with Crippen LogP contribution in [0.25, 0.3) is 10.2 Å². The van der Waals surface area contributed by atoms with Crippen LogP contribution < -0.4 is 10.6 Å². The van der Waals surface area contributed by atoms with Crippen molar-refractivity contribution in [1.29, 1.82) is 0 Å². The second kappa shape index (κ2) is 4.85. The lowest BCUT2D eigenvalue weighted by atomic mass is 10.2. The van der Waals surface area contributed by atoms with Gasteiger partial charge in [0.1, 0.15) is 5.52 Å². The number of thiazole rings is 1. The van der Waals surface area contributed by atoms with Crippen LogP contribution in [0.5, 0.6) is 0 Å². The average Bonchev–Trinajstić information content (AvgIpc) is 2.89. The molecule has 2 heterocycles. The maximum absolute atomic E-state index is 6.21. The number of hydrogen-bond donors (Lipinski definition) is 1. The van der Waals surface area contributed by atoms with Gasteiger partial charge in [0.15, 0.2) is 0 Å². The Balaban J connectivity index is 1.93. The molecule has 2 aromatic heterocycles. The van der Waals surface area contributed by atoms with Crippen molar-refractivity contribution in [2.24, 2.45) is 0 Å². The predicted octanol–water partition coefficient (Wildman–Crippen LogP) is 2.91. The summed E-state index contributed by atoms with van der Waals surface area (Å²) in [5.74, 6) is 0. The highest BCUT2D eigenvalue weighted by Gasteiger charge is 2.10. The van der Waals surface area contributed by atoms with Crippen LogP contribution in [0.1, 0.15) is 5.56 Å². The first-order valence-electron chi connectivity index (χ1n) is 5.97. The van der Waals surface area contributed by atoms with E-state index in [9.17, 15) is 0 Å². The first kappa shape index (κ1) is 11.9. The zero-order valence-electron chi connectivity index (χ0n) is 10.6. The van der Waals surface area contributed by atoms with E-state index in [0.717, 1.165) is 28.1 Å². The molecule has 4 nitrogen and oxygen atoms in total. The number of nitrogens with two attached hydrogens (primary N) is 1. The second-order valence-corrected chi connectivity index (χ2v) is 5.30. The van der Waals surface area contributed by atoms with Crippen LogP contribution in [-0.4, -0.2) is 17.0 Å². The number of pyridine rings is 1. The number of rotatable bonds is 3. The summed E-state index contributed by atoms with van der Waals surface area (Å²) < 4.78 is 1.12. The van der Waals surface area contributed by atoms with Gasteiger partial charge in [-0.05, 0) is 29.8 Å². The van der Waals surface area contributed by atoms with Gasteiger partial charge in [0.2, 0.25) is 0 Å². The lowest BCUT2D eigenvalue weighted by Crippen LogP contribution is -2.17. The Kier molecular flexibility index (Phi) is 3.05. The van der Waals surface area contributed by atoms with E-state index in [0.29, 0.717) is 0 Å². The van der Waals surface area contributed by atoms with Crippen molar-refractivity contribution < 1.29 is 0 Å². The van der Waals surface area contributed by atoms with E-state index in [-0.39, 0.29) is 0 Å². The molecule has 5 heteroatoms. The standard InChI is InChI=1S/C14H14N4S/c1-18(8-10-4-6-16-7-5-10)11-2-3-12-14(13(11)15)17-9-19-12/h2-7,9H,8,15H2,1H3. The van der Waals surface area contributed by atoms with Crippen LogP contribution in [0.4, 0.5) is 11.4 Å². The quantitative estimate of drug-likeness (QED) is 0.743. The zero-order chi connectivity index (χ0) is 13.2. The molecule has 19 heavy (non-hydrogen) atoms. The minimum Gasteiger partial charge on any atom is -0.395 e. The summed E-state index contributed by atoms with van der Waals surface area (Å²) in [6.07, 6.45) is 3.60. The summed E-state index contributed by atoms with van der Waals surface area (Å²) in [6, 6.07) is 8.14. The van der Waals surface area contributed by atoms with Crippen LogP contribution in [0.3, 0.4) is 0 Å². The van der Waals surface area contributed by atoms with Gasteiger partial charge in [0.05, 0.1) is 21.6 Å². The Morgan fingerprint density at radius 1 is 1.21 bits per heavy atom. The van der Waals surface area contributed by atoms with Crippen molar-refractivity contribution >= 4 is 32.9 Å². The van der Waals surface area contributed by atoms with Crippen molar-refractivity contribution in [1.82, 2.24) is 9.97 Å². The summed E-state index contributed by atoms with van der Waals surface area (Å²) >= 11 is 1.61. The summed E-state index contributed by atoms with van der Waals surface area (Å²) in [6.45, 7) is 0.794. The van der Waals surface area contributed by atoms with Crippen molar-refractivity contribution in [2.75, 3.05) is 17.7 Å². The van der Waals surface area contributed by atoms with Gasteiger partial charge in [-0.2, -0.15) is 0 Å². The third-order valence-electron chi connectivity index (χ3n) is 3.10. The maximum atomic E-state index is 6.21. The number of aromatic nitrogens is 2.